The smallest absolute Gasteiger partial charge is 0.228 e. The third kappa shape index (κ3) is 5.53. The number of hydrogen-bond donors (Lipinski definition) is 1. The van der Waals surface area contributed by atoms with Gasteiger partial charge < -0.3 is 10.1 Å². The fraction of sp³-hybridized carbons (Fsp3) is 0.296. The van der Waals surface area contributed by atoms with Crippen LogP contribution in [0, 0.1) is 12.8 Å². The van der Waals surface area contributed by atoms with Crippen LogP contribution in [0.15, 0.2) is 78.9 Å². The van der Waals surface area contributed by atoms with E-state index in [1.54, 1.807) is 7.11 Å². The number of nitrogens with one attached hydrogen (secondary N) is 1. The van der Waals surface area contributed by atoms with Crippen molar-refractivity contribution in [3.63, 3.8) is 0 Å². The highest BCUT2D eigenvalue weighted by atomic mass is 16.5. The summed E-state index contributed by atoms with van der Waals surface area (Å²) in [5, 5.41) is 3.11. The number of carbonyl (C=O) groups excluding carboxylic acids is 1. The third-order valence-electron chi connectivity index (χ3n) is 6.02. The van der Waals surface area contributed by atoms with Crippen LogP contribution in [0.3, 0.4) is 0 Å². The van der Waals surface area contributed by atoms with Crippen molar-refractivity contribution in [2.24, 2.45) is 5.92 Å². The van der Waals surface area contributed by atoms with E-state index in [1.807, 2.05) is 30.3 Å². The maximum absolute atomic E-state index is 13.2. The Morgan fingerprint density at radius 1 is 1.00 bits per heavy atom. The van der Waals surface area contributed by atoms with Gasteiger partial charge in [0, 0.05) is 25.3 Å². The van der Waals surface area contributed by atoms with E-state index < -0.39 is 0 Å². The largest absolute Gasteiger partial charge is 0.497 e. The molecule has 1 aliphatic heterocycles. The van der Waals surface area contributed by atoms with Gasteiger partial charge in [-0.05, 0) is 54.7 Å². The lowest BCUT2D eigenvalue weighted by molar-refractivity contribution is -0.121. The number of rotatable bonds is 6. The maximum atomic E-state index is 13.2. The topological polar surface area (TPSA) is 41.6 Å². The van der Waals surface area contributed by atoms with Crippen LogP contribution in [-0.2, 0) is 11.3 Å². The van der Waals surface area contributed by atoms with Crippen LogP contribution in [0.25, 0.3) is 0 Å². The Morgan fingerprint density at radius 3 is 2.48 bits per heavy atom. The van der Waals surface area contributed by atoms with Gasteiger partial charge in [-0.2, -0.15) is 0 Å². The van der Waals surface area contributed by atoms with Gasteiger partial charge in [-0.1, -0.05) is 60.2 Å². The molecule has 4 nitrogen and oxygen atoms in total. The molecule has 1 heterocycles. The number of benzene rings is 3. The molecule has 0 aromatic heterocycles. The van der Waals surface area contributed by atoms with Crippen LogP contribution in [0.5, 0.6) is 5.75 Å². The average Bonchev–Trinajstić information content (AvgIpc) is 2.80. The first kappa shape index (κ1) is 21.1. The van der Waals surface area contributed by atoms with Crippen molar-refractivity contribution in [1.29, 1.82) is 0 Å². The van der Waals surface area contributed by atoms with Crippen LogP contribution < -0.4 is 10.1 Å². The second kappa shape index (κ2) is 9.80. The van der Waals surface area contributed by atoms with Crippen LogP contribution in [0.2, 0.25) is 0 Å². The molecule has 1 aliphatic rings. The Labute approximate surface area is 184 Å². The molecule has 4 rings (SSSR count). The number of nitrogens with zero attached hydrogens (tertiary/aromatic N) is 1. The van der Waals surface area contributed by atoms with Crippen molar-refractivity contribution in [3.05, 3.63) is 95.6 Å². The molecule has 4 heteroatoms. The number of ether oxygens (including phenoxy) is 1. The van der Waals surface area contributed by atoms with E-state index in [-0.39, 0.29) is 11.8 Å². The number of amides is 1. The van der Waals surface area contributed by atoms with Gasteiger partial charge in [-0.15, -0.1) is 0 Å². The molecule has 0 spiro atoms. The van der Waals surface area contributed by atoms with Gasteiger partial charge in [-0.3, -0.25) is 9.69 Å². The van der Waals surface area contributed by atoms with Crippen molar-refractivity contribution < 1.29 is 9.53 Å². The molecule has 1 N–H and O–H groups in total. The number of anilines is 1. The van der Waals surface area contributed by atoms with Crippen LogP contribution >= 0.6 is 0 Å². The zero-order chi connectivity index (χ0) is 21.6. The van der Waals surface area contributed by atoms with Crippen molar-refractivity contribution in [1.82, 2.24) is 4.90 Å². The van der Waals surface area contributed by atoms with Gasteiger partial charge in [0.2, 0.25) is 5.91 Å². The Morgan fingerprint density at radius 2 is 1.77 bits per heavy atom. The van der Waals surface area contributed by atoms with E-state index in [4.69, 9.17) is 4.74 Å². The number of carbonyl (C=O) groups is 1. The monoisotopic (exact) mass is 414 g/mol. The second-order valence-corrected chi connectivity index (χ2v) is 8.44. The van der Waals surface area contributed by atoms with Crippen molar-refractivity contribution >= 4 is 11.6 Å². The Hall–Kier alpha value is -3.11. The predicted octanol–water partition coefficient (Wildman–Crippen LogP) is 5.25. The Kier molecular flexibility index (Phi) is 6.68. The first-order valence-electron chi connectivity index (χ1n) is 10.9. The highest BCUT2D eigenvalue weighted by Crippen LogP contribution is 2.32. The molecule has 0 radical (unpaired) electrons. The highest BCUT2D eigenvalue weighted by molar-refractivity contribution is 5.92. The molecule has 160 valence electrons. The van der Waals surface area contributed by atoms with E-state index >= 15 is 0 Å². The number of likely N-dealkylation sites (tertiary alicyclic amines) is 1. The average molecular weight is 415 g/mol. The summed E-state index contributed by atoms with van der Waals surface area (Å²) in [5.74, 6) is 1.14. The molecule has 1 fully saturated rings. The van der Waals surface area contributed by atoms with Gasteiger partial charge in [0.1, 0.15) is 5.75 Å². The van der Waals surface area contributed by atoms with Gasteiger partial charge in [0.25, 0.3) is 0 Å². The van der Waals surface area contributed by atoms with Crippen LogP contribution in [0.4, 0.5) is 5.69 Å². The SMILES string of the molecule is COc1ccc(NC(=O)[C@@H]2C[C@@H](c3cccc(C)c3)CN(Cc3ccccc3)C2)cc1. The molecule has 3 aromatic carbocycles. The van der Waals surface area contributed by atoms with Gasteiger partial charge in [-0.25, -0.2) is 0 Å². The van der Waals surface area contributed by atoms with E-state index in [0.29, 0.717) is 5.92 Å². The van der Waals surface area contributed by atoms with Crippen LogP contribution in [0.1, 0.15) is 29.0 Å². The maximum Gasteiger partial charge on any atom is 0.228 e. The second-order valence-electron chi connectivity index (χ2n) is 8.44. The first-order valence-corrected chi connectivity index (χ1v) is 10.9. The number of piperidine rings is 1. The van der Waals surface area contributed by atoms with Crippen molar-refractivity contribution in [2.45, 2.75) is 25.8 Å². The van der Waals surface area contributed by atoms with E-state index in [1.165, 1.54) is 16.7 Å². The summed E-state index contributed by atoms with van der Waals surface area (Å²) in [6.45, 7) is 4.71. The Balaban J connectivity index is 1.52. The molecular weight excluding hydrogens is 384 g/mol. The standard InChI is InChI=1S/C27H30N2O2/c1-20-7-6-10-22(15-20)23-16-24(19-29(18-23)17-21-8-4-3-5-9-21)27(30)28-25-11-13-26(31-2)14-12-25/h3-15,23-24H,16-19H2,1-2H3,(H,28,30)/t23-,24-/m1/s1. The lowest BCUT2D eigenvalue weighted by Gasteiger charge is -2.37. The number of hydrogen-bond acceptors (Lipinski definition) is 3. The minimum atomic E-state index is -0.0647. The molecule has 1 saturated heterocycles. The minimum Gasteiger partial charge on any atom is -0.497 e. The van der Waals surface area contributed by atoms with E-state index in [0.717, 1.165) is 37.5 Å². The Bertz CT molecular complexity index is 1000. The molecule has 2 atom stereocenters. The van der Waals surface area contributed by atoms with Crippen molar-refractivity contribution in [2.75, 3.05) is 25.5 Å². The summed E-state index contributed by atoms with van der Waals surface area (Å²) in [6.07, 6.45) is 0.858. The van der Waals surface area contributed by atoms with Crippen LogP contribution in [-0.4, -0.2) is 31.0 Å². The zero-order valence-electron chi connectivity index (χ0n) is 18.3. The molecule has 0 aliphatic carbocycles. The molecule has 31 heavy (non-hydrogen) atoms. The fourth-order valence-corrected chi connectivity index (χ4v) is 4.44. The lowest BCUT2D eigenvalue weighted by atomic mass is 9.83. The van der Waals surface area contributed by atoms with Gasteiger partial charge >= 0.3 is 0 Å². The predicted molar refractivity (Wildman–Crippen MR) is 125 cm³/mol. The molecule has 3 aromatic rings. The molecule has 0 unspecified atom stereocenters. The molecule has 1 amide bonds. The summed E-state index contributed by atoms with van der Waals surface area (Å²) < 4.78 is 5.21. The highest BCUT2D eigenvalue weighted by Gasteiger charge is 2.32. The van der Waals surface area contributed by atoms with Gasteiger partial charge in [0.15, 0.2) is 0 Å². The molecule has 0 bridgehead atoms. The summed E-state index contributed by atoms with van der Waals surface area (Å²) in [5.41, 5.74) is 4.66. The zero-order valence-corrected chi connectivity index (χ0v) is 18.3. The number of methoxy groups -OCH3 is 1. The summed E-state index contributed by atoms with van der Waals surface area (Å²) in [7, 11) is 1.64. The minimum absolute atomic E-state index is 0.0647. The molecular formula is C27H30N2O2. The van der Waals surface area contributed by atoms with Gasteiger partial charge in [0.05, 0.1) is 13.0 Å². The first-order chi connectivity index (χ1) is 15.1. The van der Waals surface area contributed by atoms with Crippen molar-refractivity contribution in [3.8, 4) is 5.75 Å². The van der Waals surface area contributed by atoms with E-state index in [2.05, 4.69) is 65.7 Å². The lowest BCUT2D eigenvalue weighted by Crippen LogP contribution is -2.43. The summed E-state index contributed by atoms with van der Waals surface area (Å²) in [4.78, 5) is 15.6. The summed E-state index contributed by atoms with van der Waals surface area (Å²) >= 11 is 0. The fourth-order valence-electron chi connectivity index (χ4n) is 4.44. The molecule has 0 saturated carbocycles. The normalized spacial score (nSPS) is 19.0. The third-order valence-corrected chi connectivity index (χ3v) is 6.02. The van der Waals surface area contributed by atoms with E-state index in [9.17, 15) is 4.79 Å². The quantitative estimate of drug-likeness (QED) is 0.599. The summed E-state index contributed by atoms with van der Waals surface area (Å²) in [6, 6.07) is 26.7. The number of aryl methyl sites for hydroxylation is 1.